The summed E-state index contributed by atoms with van der Waals surface area (Å²) in [6, 6.07) is 7.40. The first-order chi connectivity index (χ1) is 10.1. The van der Waals surface area contributed by atoms with Crippen LogP contribution in [-0.2, 0) is 0 Å². The lowest BCUT2D eigenvalue weighted by Crippen LogP contribution is -2.52. The number of para-hydroxylation sites is 1. The highest BCUT2D eigenvalue weighted by atomic mass is 19.1. The number of anilines is 1. The second-order valence-electron chi connectivity index (χ2n) is 5.94. The molecule has 0 radical (unpaired) electrons. The zero-order valence-electron chi connectivity index (χ0n) is 12.9. The molecule has 1 saturated heterocycles. The lowest BCUT2D eigenvalue weighted by Gasteiger charge is -2.37. The van der Waals surface area contributed by atoms with E-state index in [1.54, 1.807) is 6.07 Å². The summed E-state index contributed by atoms with van der Waals surface area (Å²) < 4.78 is 13.8. The maximum atomic E-state index is 13.8. The number of nitrogens with zero attached hydrogens (tertiary/aromatic N) is 2. The van der Waals surface area contributed by atoms with Crippen LogP contribution in [0.2, 0.25) is 0 Å². The highest BCUT2D eigenvalue weighted by Gasteiger charge is 2.21. The molecule has 0 bridgehead atoms. The van der Waals surface area contributed by atoms with Crippen molar-refractivity contribution < 1.29 is 9.50 Å². The van der Waals surface area contributed by atoms with Crippen molar-refractivity contribution in [1.82, 2.24) is 10.2 Å². The highest BCUT2D eigenvalue weighted by Crippen LogP contribution is 2.20. The number of benzene rings is 1. The van der Waals surface area contributed by atoms with Gasteiger partial charge in [0.2, 0.25) is 0 Å². The van der Waals surface area contributed by atoms with Crippen LogP contribution in [0.1, 0.15) is 13.8 Å². The lowest BCUT2D eigenvalue weighted by atomic mass is 10.2. The Kier molecular flexibility index (Phi) is 5.96. The molecule has 1 aromatic rings. The Morgan fingerprint density at radius 2 is 1.86 bits per heavy atom. The summed E-state index contributed by atoms with van der Waals surface area (Å²) in [6.45, 7) is 8.57. The van der Waals surface area contributed by atoms with Gasteiger partial charge in [-0.25, -0.2) is 4.39 Å². The molecule has 1 fully saturated rings. The molecule has 0 aliphatic carbocycles. The van der Waals surface area contributed by atoms with E-state index < -0.39 is 0 Å². The molecule has 5 heteroatoms. The van der Waals surface area contributed by atoms with E-state index in [0.717, 1.165) is 32.7 Å². The van der Waals surface area contributed by atoms with Crippen molar-refractivity contribution in [3.05, 3.63) is 30.1 Å². The Hall–Kier alpha value is -1.17. The fraction of sp³-hybridized carbons (Fsp3) is 0.625. The molecule has 2 N–H and O–H groups in total. The molecule has 1 unspecified atom stereocenters. The van der Waals surface area contributed by atoms with E-state index >= 15 is 0 Å². The van der Waals surface area contributed by atoms with E-state index in [-0.39, 0.29) is 18.5 Å². The summed E-state index contributed by atoms with van der Waals surface area (Å²) in [7, 11) is 0. The van der Waals surface area contributed by atoms with Crippen molar-refractivity contribution >= 4 is 5.69 Å². The molecule has 1 aromatic carbocycles. The Morgan fingerprint density at radius 3 is 2.43 bits per heavy atom. The summed E-state index contributed by atoms with van der Waals surface area (Å²) in [4.78, 5) is 4.42. The molecule has 0 amide bonds. The van der Waals surface area contributed by atoms with Crippen molar-refractivity contribution in [2.24, 2.45) is 0 Å². The van der Waals surface area contributed by atoms with Gasteiger partial charge in [0.25, 0.3) is 0 Å². The molecular formula is C16H26FN3O. The van der Waals surface area contributed by atoms with Gasteiger partial charge in [-0.15, -0.1) is 0 Å². The summed E-state index contributed by atoms with van der Waals surface area (Å²) >= 11 is 0. The van der Waals surface area contributed by atoms with Gasteiger partial charge in [0.05, 0.1) is 12.3 Å². The van der Waals surface area contributed by atoms with Crippen LogP contribution in [0, 0.1) is 5.82 Å². The Labute approximate surface area is 126 Å². The van der Waals surface area contributed by atoms with Crippen molar-refractivity contribution in [2.45, 2.75) is 25.9 Å². The number of nitrogens with one attached hydrogen (secondary N) is 1. The Bertz CT molecular complexity index is 433. The van der Waals surface area contributed by atoms with Crippen molar-refractivity contribution in [3.8, 4) is 0 Å². The van der Waals surface area contributed by atoms with Crippen LogP contribution in [0.4, 0.5) is 10.1 Å². The largest absolute Gasteiger partial charge is 0.395 e. The molecule has 118 valence electrons. The number of aliphatic hydroxyl groups excluding tert-OH is 1. The van der Waals surface area contributed by atoms with Crippen molar-refractivity contribution in [2.75, 3.05) is 44.2 Å². The van der Waals surface area contributed by atoms with Crippen molar-refractivity contribution in [1.29, 1.82) is 0 Å². The number of hydrogen-bond acceptors (Lipinski definition) is 4. The van der Waals surface area contributed by atoms with Gasteiger partial charge in [-0.2, -0.15) is 0 Å². The molecule has 21 heavy (non-hydrogen) atoms. The third kappa shape index (κ3) is 4.66. The first-order valence-corrected chi connectivity index (χ1v) is 7.69. The first-order valence-electron chi connectivity index (χ1n) is 7.69. The smallest absolute Gasteiger partial charge is 0.146 e. The number of aliphatic hydroxyl groups is 1. The summed E-state index contributed by atoms with van der Waals surface area (Å²) in [5, 5.41) is 12.8. The van der Waals surface area contributed by atoms with Gasteiger partial charge in [0.1, 0.15) is 5.82 Å². The highest BCUT2D eigenvalue weighted by molar-refractivity contribution is 5.47. The standard InChI is InChI=1S/C16H26FN3O/c1-13(2)18-14(12-21)11-19-7-9-20(10-8-19)16-6-4-3-5-15(16)17/h3-6,13-14,18,21H,7-12H2,1-2H3. The zero-order chi connectivity index (χ0) is 15.2. The molecule has 0 aromatic heterocycles. The average Bonchev–Trinajstić information content (AvgIpc) is 2.47. The SMILES string of the molecule is CC(C)NC(CO)CN1CCN(c2ccccc2F)CC1. The van der Waals surface area contributed by atoms with Crippen LogP contribution >= 0.6 is 0 Å². The van der Waals surface area contributed by atoms with Crippen LogP contribution < -0.4 is 10.2 Å². The van der Waals surface area contributed by atoms with Gasteiger partial charge in [-0.3, -0.25) is 4.90 Å². The van der Waals surface area contributed by atoms with Gasteiger partial charge < -0.3 is 15.3 Å². The third-order valence-corrected chi connectivity index (χ3v) is 3.83. The lowest BCUT2D eigenvalue weighted by molar-refractivity contribution is 0.170. The minimum absolute atomic E-state index is 0.102. The van der Waals surface area contributed by atoms with Crippen LogP contribution in [-0.4, -0.2) is 61.4 Å². The maximum Gasteiger partial charge on any atom is 0.146 e. The predicted octanol–water partition coefficient (Wildman–Crippen LogP) is 1.31. The Morgan fingerprint density at radius 1 is 1.19 bits per heavy atom. The topological polar surface area (TPSA) is 38.7 Å². The van der Waals surface area contributed by atoms with Crippen LogP contribution in [0.15, 0.2) is 24.3 Å². The molecule has 1 aliphatic rings. The molecule has 1 aliphatic heterocycles. The third-order valence-electron chi connectivity index (χ3n) is 3.83. The fourth-order valence-electron chi connectivity index (χ4n) is 2.83. The molecule has 1 heterocycles. The van der Waals surface area contributed by atoms with E-state index in [9.17, 15) is 9.50 Å². The molecule has 0 spiro atoms. The first kappa shape index (κ1) is 16.2. The maximum absolute atomic E-state index is 13.8. The van der Waals surface area contributed by atoms with E-state index in [0.29, 0.717) is 11.7 Å². The molecule has 2 rings (SSSR count). The number of hydrogen-bond donors (Lipinski definition) is 2. The zero-order valence-corrected chi connectivity index (χ0v) is 12.9. The molecule has 4 nitrogen and oxygen atoms in total. The van der Waals surface area contributed by atoms with E-state index in [1.807, 2.05) is 12.1 Å². The average molecular weight is 295 g/mol. The predicted molar refractivity (Wildman–Crippen MR) is 84.2 cm³/mol. The van der Waals surface area contributed by atoms with Gasteiger partial charge in [0, 0.05) is 44.8 Å². The van der Waals surface area contributed by atoms with E-state index in [2.05, 4.69) is 29.0 Å². The van der Waals surface area contributed by atoms with Gasteiger partial charge in [-0.05, 0) is 12.1 Å². The molecular weight excluding hydrogens is 269 g/mol. The second kappa shape index (κ2) is 7.73. The van der Waals surface area contributed by atoms with E-state index in [1.165, 1.54) is 6.07 Å². The molecule has 1 atom stereocenters. The molecule has 0 saturated carbocycles. The minimum atomic E-state index is -0.152. The van der Waals surface area contributed by atoms with Crippen LogP contribution in [0.3, 0.4) is 0 Å². The quantitative estimate of drug-likeness (QED) is 0.830. The minimum Gasteiger partial charge on any atom is -0.395 e. The van der Waals surface area contributed by atoms with Crippen LogP contribution in [0.5, 0.6) is 0 Å². The number of halogens is 1. The summed E-state index contributed by atoms with van der Waals surface area (Å²) in [6.07, 6.45) is 0. The summed E-state index contributed by atoms with van der Waals surface area (Å²) in [5.74, 6) is -0.152. The van der Waals surface area contributed by atoms with Gasteiger partial charge in [0.15, 0.2) is 0 Å². The normalized spacial score (nSPS) is 18.2. The number of piperazine rings is 1. The Balaban J connectivity index is 1.84. The fourth-order valence-corrected chi connectivity index (χ4v) is 2.83. The van der Waals surface area contributed by atoms with Gasteiger partial charge in [-0.1, -0.05) is 26.0 Å². The summed E-state index contributed by atoms with van der Waals surface area (Å²) in [5.41, 5.74) is 0.691. The number of rotatable bonds is 6. The van der Waals surface area contributed by atoms with E-state index in [4.69, 9.17) is 0 Å². The second-order valence-corrected chi connectivity index (χ2v) is 5.94. The van der Waals surface area contributed by atoms with Crippen LogP contribution in [0.25, 0.3) is 0 Å². The van der Waals surface area contributed by atoms with Crippen molar-refractivity contribution in [3.63, 3.8) is 0 Å². The van der Waals surface area contributed by atoms with Gasteiger partial charge >= 0.3 is 0 Å². The monoisotopic (exact) mass is 295 g/mol.